The van der Waals surface area contributed by atoms with Crippen LogP contribution in [-0.4, -0.2) is 48.0 Å². The van der Waals surface area contributed by atoms with Gasteiger partial charge in [-0.15, -0.1) is 0 Å². The summed E-state index contributed by atoms with van der Waals surface area (Å²) in [6, 6.07) is 24.2. The molecule has 0 aromatic heterocycles. The second kappa shape index (κ2) is 12.2. The first-order valence-corrected chi connectivity index (χ1v) is 12.5. The van der Waals surface area contributed by atoms with Gasteiger partial charge in [0.1, 0.15) is 11.5 Å². The predicted molar refractivity (Wildman–Crippen MR) is 147 cm³/mol. The first-order valence-electron chi connectivity index (χ1n) is 12.1. The lowest BCUT2D eigenvalue weighted by Gasteiger charge is -2.36. The Balaban J connectivity index is 1.25. The fourth-order valence-electron chi connectivity index (χ4n) is 3.98. The monoisotopic (exact) mass is 502 g/mol. The number of nitrogens with zero attached hydrogens (tertiary/aromatic N) is 2. The molecule has 0 radical (unpaired) electrons. The average molecular weight is 503 g/mol. The third kappa shape index (κ3) is 6.82. The Morgan fingerprint density at radius 1 is 0.861 bits per heavy atom. The zero-order valence-electron chi connectivity index (χ0n) is 20.3. The van der Waals surface area contributed by atoms with Crippen LogP contribution in [-0.2, 0) is 4.79 Å². The van der Waals surface area contributed by atoms with Gasteiger partial charge in [-0.2, -0.15) is 0 Å². The number of benzene rings is 3. The number of ether oxygens (including phenoxy) is 1. The molecule has 3 aromatic rings. The zero-order chi connectivity index (χ0) is 25.3. The van der Waals surface area contributed by atoms with Crippen molar-refractivity contribution in [1.29, 1.82) is 0 Å². The molecule has 0 aliphatic carbocycles. The SMILES string of the molecule is CCCC(=O)N1CCN(c2ccc(NC(=S)NC(=O)c3ccc(Oc4ccccc4)cc3)cc2)CC1. The first-order chi connectivity index (χ1) is 17.5. The smallest absolute Gasteiger partial charge is 0.257 e. The van der Waals surface area contributed by atoms with Crippen LogP contribution in [0, 0.1) is 0 Å². The number of hydrogen-bond acceptors (Lipinski definition) is 5. The Morgan fingerprint density at radius 3 is 2.14 bits per heavy atom. The van der Waals surface area contributed by atoms with Gasteiger partial charge in [0.25, 0.3) is 5.91 Å². The van der Waals surface area contributed by atoms with Gasteiger partial charge in [-0.1, -0.05) is 25.1 Å². The number of thiocarbonyl (C=S) groups is 1. The average Bonchev–Trinajstić information content (AvgIpc) is 2.90. The van der Waals surface area contributed by atoms with Gasteiger partial charge in [0, 0.05) is 49.5 Å². The summed E-state index contributed by atoms with van der Waals surface area (Å²) in [5, 5.41) is 5.99. The number of piperazine rings is 1. The number of anilines is 2. The number of carbonyl (C=O) groups excluding carboxylic acids is 2. The largest absolute Gasteiger partial charge is 0.457 e. The molecule has 0 atom stereocenters. The number of carbonyl (C=O) groups is 2. The second-order valence-electron chi connectivity index (χ2n) is 8.51. The minimum atomic E-state index is -0.300. The van der Waals surface area contributed by atoms with Crippen LogP contribution in [0.3, 0.4) is 0 Å². The van der Waals surface area contributed by atoms with E-state index in [0.717, 1.165) is 49.7 Å². The summed E-state index contributed by atoms with van der Waals surface area (Å²) >= 11 is 5.33. The number of rotatable bonds is 7. The van der Waals surface area contributed by atoms with Crippen LogP contribution in [0.1, 0.15) is 30.1 Å². The van der Waals surface area contributed by atoms with E-state index in [9.17, 15) is 9.59 Å². The van der Waals surface area contributed by atoms with Crippen LogP contribution >= 0.6 is 12.2 Å². The van der Waals surface area contributed by atoms with E-state index in [4.69, 9.17) is 17.0 Å². The molecule has 2 N–H and O–H groups in total. The molecule has 0 unspecified atom stereocenters. The van der Waals surface area contributed by atoms with E-state index >= 15 is 0 Å². The van der Waals surface area contributed by atoms with Crippen molar-refractivity contribution in [3.63, 3.8) is 0 Å². The van der Waals surface area contributed by atoms with Crippen LogP contribution in [0.2, 0.25) is 0 Å². The van der Waals surface area contributed by atoms with Crippen LogP contribution < -0.4 is 20.3 Å². The van der Waals surface area contributed by atoms with Gasteiger partial charge >= 0.3 is 0 Å². The maximum atomic E-state index is 12.6. The van der Waals surface area contributed by atoms with Gasteiger partial charge in [-0.25, -0.2) is 0 Å². The molecule has 1 saturated heterocycles. The van der Waals surface area contributed by atoms with E-state index in [1.54, 1.807) is 24.3 Å². The lowest BCUT2D eigenvalue weighted by Crippen LogP contribution is -2.48. The highest BCUT2D eigenvalue weighted by atomic mass is 32.1. The third-order valence-corrected chi connectivity index (χ3v) is 6.11. The summed E-state index contributed by atoms with van der Waals surface area (Å²) < 4.78 is 5.76. The van der Waals surface area contributed by atoms with Crippen molar-refractivity contribution in [1.82, 2.24) is 10.2 Å². The van der Waals surface area contributed by atoms with Crippen molar-refractivity contribution in [3.8, 4) is 11.5 Å². The molecule has 0 spiro atoms. The van der Waals surface area contributed by atoms with E-state index in [2.05, 4.69) is 15.5 Å². The molecule has 1 aliphatic heterocycles. The Morgan fingerprint density at radius 2 is 1.50 bits per heavy atom. The van der Waals surface area contributed by atoms with Crippen LogP contribution in [0.25, 0.3) is 0 Å². The molecule has 186 valence electrons. The Hall–Kier alpha value is -3.91. The topological polar surface area (TPSA) is 73.9 Å². The number of nitrogens with one attached hydrogen (secondary N) is 2. The van der Waals surface area contributed by atoms with Gasteiger partial charge in [0.05, 0.1) is 0 Å². The molecule has 4 rings (SSSR count). The second-order valence-corrected chi connectivity index (χ2v) is 8.92. The van der Waals surface area contributed by atoms with Crippen molar-refractivity contribution in [2.75, 3.05) is 36.4 Å². The predicted octanol–water partition coefficient (Wildman–Crippen LogP) is 5.05. The fraction of sp³-hybridized carbons (Fsp3) is 0.250. The molecule has 7 nitrogen and oxygen atoms in total. The fourth-order valence-corrected chi connectivity index (χ4v) is 4.19. The molecule has 0 saturated carbocycles. The highest BCUT2D eigenvalue weighted by Crippen LogP contribution is 2.22. The molecule has 1 fully saturated rings. The van der Waals surface area contributed by atoms with Gasteiger partial charge in [-0.3, -0.25) is 14.9 Å². The molecule has 8 heteroatoms. The highest BCUT2D eigenvalue weighted by molar-refractivity contribution is 7.80. The lowest BCUT2D eigenvalue weighted by atomic mass is 10.2. The third-order valence-electron chi connectivity index (χ3n) is 5.91. The summed E-state index contributed by atoms with van der Waals surface area (Å²) in [5.41, 5.74) is 2.36. The quantitative estimate of drug-likeness (QED) is 0.440. The summed E-state index contributed by atoms with van der Waals surface area (Å²) in [7, 11) is 0. The van der Waals surface area contributed by atoms with Gasteiger partial charge < -0.3 is 19.9 Å². The minimum Gasteiger partial charge on any atom is -0.457 e. The van der Waals surface area contributed by atoms with E-state index in [1.807, 2.05) is 66.4 Å². The summed E-state index contributed by atoms with van der Waals surface area (Å²) in [6.07, 6.45) is 1.50. The maximum Gasteiger partial charge on any atom is 0.257 e. The van der Waals surface area contributed by atoms with Gasteiger partial charge in [-0.05, 0) is 79.3 Å². The molecule has 2 amide bonds. The van der Waals surface area contributed by atoms with Crippen LogP contribution in [0.15, 0.2) is 78.9 Å². The van der Waals surface area contributed by atoms with Crippen molar-refractivity contribution in [3.05, 3.63) is 84.4 Å². The first kappa shape index (κ1) is 25.2. The Bertz CT molecular complexity index is 1180. The van der Waals surface area contributed by atoms with Crippen molar-refractivity contribution >= 4 is 40.5 Å². The summed E-state index contributed by atoms with van der Waals surface area (Å²) in [6.45, 7) is 5.14. The number of hydrogen-bond donors (Lipinski definition) is 2. The van der Waals surface area contributed by atoms with Crippen molar-refractivity contribution < 1.29 is 14.3 Å². The molecule has 3 aromatic carbocycles. The summed E-state index contributed by atoms with van der Waals surface area (Å²) in [5.74, 6) is 1.32. The van der Waals surface area contributed by atoms with Crippen molar-refractivity contribution in [2.24, 2.45) is 0 Å². The van der Waals surface area contributed by atoms with Crippen LogP contribution in [0.4, 0.5) is 11.4 Å². The Kier molecular flexibility index (Phi) is 8.52. The molecule has 0 bridgehead atoms. The van der Waals surface area contributed by atoms with E-state index < -0.39 is 0 Å². The van der Waals surface area contributed by atoms with E-state index in [-0.39, 0.29) is 16.9 Å². The van der Waals surface area contributed by atoms with Crippen molar-refractivity contribution in [2.45, 2.75) is 19.8 Å². The standard InChI is InChI=1S/C28H30N4O3S/c1-2-6-26(33)32-19-17-31(18-20-32)23-13-11-22(12-14-23)29-28(36)30-27(34)21-9-15-25(16-10-21)35-24-7-4-3-5-8-24/h3-5,7-16H,2,6,17-20H2,1H3,(H2,29,30,34,36). The van der Waals surface area contributed by atoms with E-state index in [0.29, 0.717) is 17.7 Å². The molecule has 1 aliphatic rings. The number of para-hydroxylation sites is 1. The lowest BCUT2D eigenvalue weighted by molar-refractivity contribution is -0.131. The normalized spacial score (nSPS) is 13.1. The highest BCUT2D eigenvalue weighted by Gasteiger charge is 2.20. The summed E-state index contributed by atoms with van der Waals surface area (Å²) in [4.78, 5) is 28.9. The molecule has 1 heterocycles. The number of amides is 2. The van der Waals surface area contributed by atoms with E-state index in [1.165, 1.54) is 0 Å². The molecular formula is C28H30N4O3S. The zero-order valence-corrected chi connectivity index (χ0v) is 21.1. The molecule has 36 heavy (non-hydrogen) atoms. The maximum absolute atomic E-state index is 12.6. The minimum absolute atomic E-state index is 0.223. The van der Waals surface area contributed by atoms with Crippen LogP contribution in [0.5, 0.6) is 11.5 Å². The Labute approximate surface area is 217 Å². The van der Waals surface area contributed by atoms with Gasteiger partial charge in [0.15, 0.2) is 5.11 Å². The van der Waals surface area contributed by atoms with Gasteiger partial charge in [0.2, 0.25) is 5.91 Å². The molecular weight excluding hydrogens is 472 g/mol.